The summed E-state index contributed by atoms with van der Waals surface area (Å²) in [6.07, 6.45) is 0.149. The number of alkyl halides is 3. The molecule has 5 N–H and O–H groups in total. The van der Waals surface area contributed by atoms with Crippen LogP contribution in [0.25, 0.3) is 22.0 Å². The van der Waals surface area contributed by atoms with E-state index in [0.717, 1.165) is 48.3 Å². The topological polar surface area (TPSA) is 137 Å². The summed E-state index contributed by atoms with van der Waals surface area (Å²) in [6, 6.07) is 19.7. The largest absolute Gasteiger partial charge is 0.495 e. The van der Waals surface area contributed by atoms with Gasteiger partial charge in [-0.05, 0) is 87.1 Å². The molecule has 0 aliphatic carbocycles. The number of nitrogens with zero attached hydrogens (tertiary/aromatic N) is 2. The van der Waals surface area contributed by atoms with Crippen molar-refractivity contribution >= 4 is 31.8 Å². The number of amides is 2. The molecule has 6 rings (SSSR count). The predicted molar refractivity (Wildman–Crippen MR) is 230 cm³/mol. The Morgan fingerprint density at radius 2 is 1.51 bits per heavy atom. The third-order valence-electron chi connectivity index (χ3n) is 11.5. The molecule has 2 aliphatic heterocycles. The number of fused-ring (bicyclic) bond motifs is 1. The SMILES string of the molecule is CCCCCCNC(=O)N(CCc1ccc2nc(C(CP3(=O)N[C@@H](C)[C@H](C)N3)P3(=O)N[C@@H](C)[C@H](C)N3)c(OC)cc2c1)Cc1ccc(-c2ccccc2C(F)(F)F)cc1. The summed E-state index contributed by atoms with van der Waals surface area (Å²) in [7, 11) is -4.97. The van der Waals surface area contributed by atoms with Crippen LogP contribution >= 0.6 is 14.9 Å². The van der Waals surface area contributed by atoms with Crippen LogP contribution in [0.4, 0.5) is 18.0 Å². The van der Waals surface area contributed by atoms with Gasteiger partial charge in [0.15, 0.2) is 0 Å². The normalized spacial score (nSPS) is 21.7. The van der Waals surface area contributed by atoms with Crippen LogP contribution in [0, 0.1) is 0 Å². The number of halogens is 3. The van der Waals surface area contributed by atoms with E-state index in [2.05, 4.69) is 32.6 Å². The summed E-state index contributed by atoms with van der Waals surface area (Å²) in [5.41, 5.74) is 1.94. The van der Waals surface area contributed by atoms with Crippen LogP contribution in [0.1, 0.15) is 88.3 Å². The van der Waals surface area contributed by atoms with Gasteiger partial charge in [-0.1, -0.05) is 74.7 Å². The molecule has 4 aromatic rings. The lowest BCUT2D eigenvalue weighted by atomic mass is 9.98. The highest BCUT2D eigenvalue weighted by Crippen LogP contribution is 2.62. The minimum atomic E-state index is -4.48. The van der Waals surface area contributed by atoms with Crippen molar-refractivity contribution in [3.8, 4) is 16.9 Å². The van der Waals surface area contributed by atoms with Crippen LogP contribution in [-0.2, 0) is 28.3 Å². The van der Waals surface area contributed by atoms with Gasteiger partial charge in [-0.25, -0.2) is 9.78 Å². The fourth-order valence-corrected chi connectivity index (χ4v) is 14.8. The molecular weight excluding hydrogens is 797 g/mol. The monoisotopic (exact) mass is 855 g/mol. The second-order valence-electron chi connectivity index (χ2n) is 16.1. The number of rotatable bonds is 16. The van der Waals surface area contributed by atoms with Gasteiger partial charge in [0, 0.05) is 55.3 Å². The van der Waals surface area contributed by atoms with E-state index >= 15 is 0 Å². The fourth-order valence-electron chi connectivity index (χ4n) is 7.83. The Bertz CT molecular complexity index is 2160. The molecule has 3 heterocycles. The molecule has 2 fully saturated rings. The molecular formula is C43H58F3N7O4P2. The maximum absolute atomic E-state index is 14.7. The van der Waals surface area contributed by atoms with Crippen molar-refractivity contribution in [3.05, 3.63) is 95.2 Å². The summed E-state index contributed by atoms with van der Waals surface area (Å²) in [5.74, 6) is 0.433. The molecule has 0 bridgehead atoms. The van der Waals surface area contributed by atoms with Crippen LogP contribution in [-0.4, -0.2) is 66.4 Å². The van der Waals surface area contributed by atoms with Gasteiger partial charge in [-0.15, -0.1) is 0 Å². The van der Waals surface area contributed by atoms with Gasteiger partial charge in [0.25, 0.3) is 0 Å². The Morgan fingerprint density at radius 1 is 0.864 bits per heavy atom. The number of pyridine rings is 1. The van der Waals surface area contributed by atoms with Crippen molar-refractivity contribution in [2.24, 2.45) is 0 Å². The maximum atomic E-state index is 14.7. The molecule has 5 atom stereocenters. The van der Waals surface area contributed by atoms with Crippen molar-refractivity contribution in [2.75, 3.05) is 26.4 Å². The van der Waals surface area contributed by atoms with E-state index in [1.165, 1.54) is 12.1 Å². The first-order chi connectivity index (χ1) is 28.0. The molecule has 2 saturated heterocycles. The van der Waals surface area contributed by atoms with Crippen LogP contribution in [0.15, 0.2) is 72.8 Å². The van der Waals surface area contributed by atoms with Crippen molar-refractivity contribution in [1.82, 2.24) is 35.5 Å². The summed E-state index contributed by atoms with van der Waals surface area (Å²) in [4.78, 5) is 20.4. The molecule has 0 radical (unpaired) electrons. The van der Waals surface area contributed by atoms with Crippen LogP contribution in [0.3, 0.4) is 0 Å². The van der Waals surface area contributed by atoms with E-state index in [1.807, 2.05) is 52.0 Å². The van der Waals surface area contributed by atoms with Gasteiger partial charge < -0.3 is 15.0 Å². The van der Waals surface area contributed by atoms with Crippen LogP contribution < -0.4 is 30.4 Å². The number of ether oxygens (including phenoxy) is 1. The summed E-state index contributed by atoms with van der Waals surface area (Å²) in [5, 5.41) is 16.9. The molecule has 2 aliphatic rings. The second kappa shape index (κ2) is 18.9. The van der Waals surface area contributed by atoms with Gasteiger partial charge in [0.2, 0.25) is 14.9 Å². The Balaban J connectivity index is 1.24. The van der Waals surface area contributed by atoms with E-state index in [4.69, 9.17) is 9.72 Å². The zero-order chi connectivity index (χ0) is 42.5. The van der Waals surface area contributed by atoms with Gasteiger partial charge in [0.1, 0.15) is 5.75 Å². The lowest BCUT2D eigenvalue weighted by molar-refractivity contribution is -0.137. The van der Waals surface area contributed by atoms with Gasteiger partial charge >= 0.3 is 12.2 Å². The molecule has 16 heteroatoms. The molecule has 0 spiro atoms. The molecule has 1 unspecified atom stereocenters. The number of nitrogens with one attached hydrogen (secondary N) is 5. The van der Waals surface area contributed by atoms with E-state index in [0.29, 0.717) is 42.0 Å². The van der Waals surface area contributed by atoms with Crippen LogP contribution in [0.2, 0.25) is 0 Å². The second-order valence-corrected chi connectivity index (χ2v) is 20.9. The highest BCUT2D eigenvalue weighted by Gasteiger charge is 2.49. The highest BCUT2D eigenvalue weighted by atomic mass is 31.2. The van der Waals surface area contributed by atoms with E-state index in [-0.39, 0.29) is 48.5 Å². The van der Waals surface area contributed by atoms with Crippen molar-refractivity contribution in [1.29, 1.82) is 0 Å². The minimum Gasteiger partial charge on any atom is -0.495 e. The number of benzene rings is 3. The molecule has 59 heavy (non-hydrogen) atoms. The Kier molecular flexibility index (Phi) is 14.3. The smallest absolute Gasteiger partial charge is 0.417 e. The van der Waals surface area contributed by atoms with Gasteiger partial charge in [0.05, 0.1) is 29.5 Å². The standard InChI is InChI=1S/C43H58F3N7O4P2/c1-7-8-9-12-22-47-42(54)53(26-33-15-18-34(19-16-33)36-13-10-11-14-37(36)43(44,45)46)23-21-32-17-20-38-35(24-32)25-39(57-6)41(48-38)40(59(56)51-30(4)31(5)52-59)27-58(55)49-28(2)29(3)50-58/h10-11,13-20,24-25,28-31,40H,7-9,12,21-23,26-27H2,1-6H3,(H,47,54)(H2,49,50,55)(H2,51,52,56)/t28-,29-,30-,31-,40?/m0/s1. The Hall–Kier alpha value is -3.77. The first kappa shape index (κ1) is 44.8. The summed E-state index contributed by atoms with van der Waals surface area (Å²) < 4.78 is 76.0. The van der Waals surface area contributed by atoms with Crippen molar-refractivity contribution in [2.45, 2.75) is 109 Å². The molecule has 320 valence electrons. The minimum absolute atomic E-state index is 0.0298. The van der Waals surface area contributed by atoms with E-state index in [9.17, 15) is 27.1 Å². The molecule has 11 nitrogen and oxygen atoms in total. The number of hydrogen-bond donors (Lipinski definition) is 5. The molecule has 2 amide bonds. The number of hydrogen-bond acceptors (Lipinski definition) is 5. The van der Waals surface area contributed by atoms with Gasteiger partial charge in [-0.2, -0.15) is 13.2 Å². The van der Waals surface area contributed by atoms with Crippen LogP contribution in [0.5, 0.6) is 5.75 Å². The number of carbonyl (C=O) groups is 1. The van der Waals surface area contributed by atoms with Crippen molar-refractivity contribution in [3.63, 3.8) is 0 Å². The highest BCUT2D eigenvalue weighted by molar-refractivity contribution is 7.64. The Labute approximate surface area is 346 Å². The number of carbonyl (C=O) groups excluding carboxylic acids is 1. The summed E-state index contributed by atoms with van der Waals surface area (Å²) >= 11 is 0. The predicted octanol–water partition coefficient (Wildman–Crippen LogP) is 9.63. The molecule has 3 aromatic carbocycles. The lowest BCUT2D eigenvalue weighted by Gasteiger charge is -2.28. The van der Waals surface area contributed by atoms with Gasteiger partial charge in [-0.3, -0.25) is 29.5 Å². The summed E-state index contributed by atoms with van der Waals surface area (Å²) in [6.45, 7) is 11.2. The zero-order valence-corrected chi connectivity index (χ0v) is 36.5. The number of urea groups is 1. The van der Waals surface area contributed by atoms with Crippen molar-refractivity contribution < 1.29 is 31.8 Å². The third-order valence-corrected chi connectivity index (χ3v) is 17.2. The van der Waals surface area contributed by atoms with E-state index in [1.54, 1.807) is 42.3 Å². The fraction of sp³-hybridized carbons (Fsp3) is 0.488. The molecule has 1 aromatic heterocycles. The number of unbranched alkanes of at least 4 members (excludes halogenated alkanes) is 3. The average molecular weight is 856 g/mol. The first-order valence-corrected chi connectivity index (χ1v) is 24.2. The third kappa shape index (κ3) is 10.8. The number of aromatic nitrogens is 1. The first-order valence-electron chi connectivity index (χ1n) is 20.6. The maximum Gasteiger partial charge on any atom is 0.417 e. The molecule has 0 saturated carbocycles. The average Bonchev–Trinajstić information content (AvgIpc) is 3.63. The number of methoxy groups -OCH3 is 1. The zero-order valence-electron chi connectivity index (χ0n) is 34.7. The quantitative estimate of drug-likeness (QED) is 0.0552. The Morgan fingerprint density at radius 3 is 2.15 bits per heavy atom. The lowest BCUT2D eigenvalue weighted by Crippen LogP contribution is -2.41. The van der Waals surface area contributed by atoms with E-state index < -0.39 is 32.3 Å².